The molecule has 0 heterocycles. The van der Waals surface area contributed by atoms with Crippen molar-refractivity contribution in [1.82, 2.24) is 5.32 Å². The second-order valence-corrected chi connectivity index (χ2v) is 5.01. The van der Waals surface area contributed by atoms with Crippen molar-refractivity contribution < 1.29 is 14.6 Å². The summed E-state index contributed by atoms with van der Waals surface area (Å²) in [5.41, 5.74) is 0.832. The molecule has 20 heavy (non-hydrogen) atoms. The van der Waals surface area contributed by atoms with Crippen molar-refractivity contribution in [2.75, 3.05) is 20.8 Å². The number of methoxy groups -OCH3 is 2. The summed E-state index contributed by atoms with van der Waals surface area (Å²) in [6.45, 7) is 5.11. The minimum Gasteiger partial charge on any atom is -0.493 e. The number of ether oxygens (including phenoxy) is 2. The number of nitrogens with one attached hydrogen (secondary N) is 1. The van der Waals surface area contributed by atoms with E-state index in [1.165, 1.54) is 12.8 Å². The van der Waals surface area contributed by atoms with Crippen LogP contribution in [0.2, 0.25) is 0 Å². The Hall–Kier alpha value is -1.26. The van der Waals surface area contributed by atoms with Gasteiger partial charge in [-0.2, -0.15) is 0 Å². The number of hydrogen-bond acceptors (Lipinski definition) is 4. The quantitative estimate of drug-likeness (QED) is 0.683. The van der Waals surface area contributed by atoms with Gasteiger partial charge < -0.3 is 19.9 Å². The van der Waals surface area contributed by atoms with Gasteiger partial charge >= 0.3 is 0 Å². The van der Waals surface area contributed by atoms with E-state index in [-0.39, 0.29) is 6.04 Å². The van der Waals surface area contributed by atoms with Crippen molar-refractivity contribution in [3.05, 3.63) is 23.8 Å². The first-order chi connectivity index (χ1) is 9.63. The third kappa shape index (κ3) is 4.69. The van der Waals surface area contributed by atoms with Crippen molar-refractivity contribution in [2.45, 2.75) is 45.3 Å². The number of benzene rings is 1. The van der Waals surface area contributed by atoms with Crippen LogP contribution in [0.4, 0.5) is 0 Å². The van der Waals surface area contributed by atoms with Gasteiger partial charge in [-0.15, -0.1) is 0 Å². The van der Waals surface area contributed by atoms with Gasteiger partial charge in [-0.3, -0.25) is 0 Å². The van der Waals surface area contributed by atoms with Gasteiger partial charge in [-0.25, -0.2) is 0 Å². The Morgan fingerprint density at radius 1 is 1.15 bits per heavy atom. The lowest BCUT2D eigenvalue weighted by molar-refractivity contribution is 0.135. The van der Waals surface area contributed by atoms with Gasteiger partial charge in [0.1, 0.15) is 0 Å². The summed E-state index contributed by atoms with van der Waals surface area (Å²) in [4.78, 5) is 0. The van der Waals surface area contributed by atoms with E-state index in [1.54, 1.807) is 14.2 Å². The normalized spacial score (nSPS) is 13.8. The number of unbranched alkanes of at least 4 members (excludes halogenated alkanes) is 2. The first-order valence-corrected chi connectivity index (χ1v) is 7.27. The van der Waals surface area contributed by atoms with Crippen LogP contribution in [0.3, 0.4) is 0 Å². The molecule has 0 saturated heterocycles. The highest BCUT2D eigenvalue weighted by Crippen LogP contribution is 2.30. The molecule has 0 aliphatic heterocycles. The zero-order chi connectivity index (χ0) is 15.0. The maximum atomic E-state index is 10.4. The average molecular weight is 281 g/mol. The predicted octanol–water partition coefficient (Wildman–Crippen LogP) is 2.91. The Morgan fingerprint density at radius 3 is 2.45 bits per heavy atom. The predicted molar refractivity (Wildman–Crippen MR) is 81.5 cm³/mol. The third-order valence-electron chi connectivity index (χ3n) is 3.47. The molecule has 2 unspecified atom stereocenters. The van der Waals surface area contributed by atoms with E-state index in [0.717, 1.165) is 18.5 Å². The molecule has 0 fully saturated rings. The lowest BCUT2D eigenvalue weighted by Crippen LogP contribution is -2.32. The molecule has 0 aliphatic carbocycles. The minimum absolute atomic E-state index is 0.00459. The van der Waals surface area contributed by atoms with Crippen molar-refractivity contribution in [3.8, 4) is 11.5 Å². The third-order valence-corrected chi connectivity index (χ3v) is 3.47. The van der Waals surface area contributed by atoms with E-state index in [9.17, 15) is 5.11 Å². The SMILES string of the molecule is CCCCCNC(C)C(O)c1ccc(OC)c(OC)c1. The van der Waals surface area contributed by atoms with Crippen molar-refractivity contribution in [3.63, 3.8) is 0 Å². The Bertz CT molecular complexity index is 395. The Morgan fingerprint density at radius 2 is 1.85 bits per heavy atom. The molecule has 1 aromatic rings. The summed E-state index contributed by atoms with van der Waals surface area (Å²) in [7, 11) is 3.20. The van der Waals surface area contributed by atoms with Gasteiger partial charge in [-0.05, 0) is 37.6 Å². The van der Waals surface area contributed by atoms with Gasteiger partial charge in [0.05, 0.1) is 20.3 Å². The molecule has 4 nitrogen and oxygen atoms in total. The van der Waals surface area contributed by atoms with Crippen molar-refractivity contribution in [2.24, 2.45) is 0 Å². The van der Waals surface area contributed by atoms with Gasteiger partial charge in [0, 0.05) is 6.04 Å². The summed E-state index contributed by atoms with van der Waals surface area (Å²) in [6, 6.07) is 5.52. The first-order valence-electron chi connectivity index (χ1n) is 7.27. The molecule has 0 aromatic heterocycles. The molecular weight excluding hydrogens is 254 g/mol. The van der Waals surface area contributed by atoms with Crippen LogP contribution in [0.1, 0.15) is 44.8 Å². The summed E-state index contributed by atoms with van der Waals surface area (Å²) in [5, 5.41) is 13.7. The number of hydrogen-bond donors (Lipinski definition) is 2. The molecule has 0 spiro atoms. The standard InChI is InChI=1S/C16H27NO3/c1-5-6-7-10-17-12(2)16(18)13-8-9-14(19-3)15(11-13)20-4/h8-9,11-12,16-18H,5-7,10H2,1-4H3. The van der Waals surface area contributed by atoms with E-state index in [1.807, 2.05) is 25.1 Å². The summed E-state index contributed by atoms with van der Waals surface area (Å²) < 4.78 is 10.5. The highest BCUT2D eigenvalue weighted by Gasteiger charge is 2.17. The highest BCUT2D eigenvalue weighted by atomic mass is 16.5. The molecule has 0 amide bonds. The minimum atomic E-state index is -0.559. The van der Waals surface area contributed by atoms with E-state index in [0.29, 0.717) is 11.5 Å². The fourth-order valence-corrected chi connectivity index (χ4v) is 2.14. The number of rotatable bonds is 9. The maximum absolute atomic E-state index is 10.4. The second-order valence-electron chi connectivity index (χ2n) is 5.01. The van der Waals surface area contributed by atoms with Crippen molar-refractivity contribution >= 4 is 0 Å². The molecule has 1 rings (SSSR count). The molecular formula is C16H27NO3. The number of aliphatic hydroxyl groups is 1. The number of aliphatic hydroxyl groups excluding tert-OH is 1. The fraction of sp³-hybridized carbons (Fsp3) is 0.625. The monoisotopic (exact) mass is 281 g/mol. The van der Waals surface area contributed by atoms with Gasteiger partial charge in [-0.1, -0.05) is 25.8 Å². The van der Waals surface area contributed by atoms with Crippen LogP contribution < -0.4 is 14.8 Å². The lowest BCUT2D eigenvalue weighted by Gasteiger charge is -2.21. The van der Waals surface area contributed by atoms with Crippen LogP contribution in [-0.2, 0) is 0 Å². The fourth-order valence-electron chi connectivity index (χ4n) is 2.14. The molecule has 114 valence electrons. The smallest absolute Gasteiger partial charge is 0.161 e. The van der Waals surface area contributed by atoms with Gasteiger partial charge in [0.15, 0.2) is 11.5 Å². The van der Waals surface area contributed by atoms with Crippen molar-refractivity contribution in [1.29, 1.82) is 0 Å². The van der Waals surface area contributed by atoms with E-state index in [2.05, 4.69) is 12.2 Å². The largest absolute Gasteiger partial charge is 0.493 e. The highest BCUT2D eigenvalue weighted by molar-refractivity contribution is 5.43. The summed E-state index contributed by atoms with van der Waals surface area (Å²) in [5.74, 6) is 1.31. The Kier molecular flexibility index (Phi) is 7.41. The zero-order valence-corrected chi connectivity index (χ0v) is 13.0. The first kappa shape index (κ1) is 16.8. The molecule has 0 aliphatic rings. The molecule has 2 N–H and O–H groups in total. The van der Waals surface area contributed by atoms with E-state index in [4.69, 9.17) is 9.47 Å². The summed E-state index contributed by atoms with van der Waals surface area (Å²) in [6.07, 6.45) is 3.00. The molecule has 4 heteroatoms. The molecule has 0 saturated carbocycles. The van der Waals surface area contributed by atoms with E-state index >= 15 is 0 Å². The molecule has 0 radical (unpaired) electrons. The second kappa shape index (κ2) is 8.82. The zero-order valence-electron chi connectivity index (χ0n) is 13.0. The lowest BCUT2D eigenvalue weighted by atomic mass is 10.0. The molecule has 2 atom stereocenters. The maximum Gasteiger partial charge on any atom is 0.161 e. The Balaban J connectivity index is 2.63. The van der Waals surface area contributed by atoms with Crippen LogP contribution >= 0.6 is 0 Å². The summed E-state index contributed by atoms with van der Waals surface area (Å²) >= 11 is 0. The topological polar surface area (TPSA) is 50.7 Å². The van der Waals surface area contributed by atoms with Crippen LogP contribution in [0.15, 0.2) is 18.2 Å². The van der Waals surface area contributed by atoms with Crippen LogP contribution in [0.5, 0.6) is 11.5 Å². The van der Waals surface area contributed by atoms with E-state index < -0.39 is 6.10 Å². The average Bonchev–Trinajstić information content (AvgIpc) is 2.49. The molecule has 0 bridgehead atoms. The van der Waals surface area contributed by atoms with Gasteiger partial charge in [0.2, 0.25) is 0 Å². The van der Waals surface area contributed by atoms with Gasteiger partial charge in [0.25, 0.3) is 0 Å². The van der Waals surface area contributed by atoms with Crippen LogP contribution in [0.25, 0.3) is 0 Å². The Labute approximate surface area is 122 Å². The van der Waals surface area contributed by atoms with Crippen LogP contribution in [-0.4, -0.2) is 31.9 Å². The molecule has 1 aromatic carbocycles. The van der Waals surface area contributed by atoms with Crippen LogP contribution in [0, 0.1) is 0 Å².